The lowest BCUT2D eigenvalue weighted by Gasteiger charge is -2.09. The van der Waals surface area contributed by atoms with Crippen LogP contribution in [-0.4, -0.2) is 131 Å². The van der Waals surface area contributed by atoms with E-state index in [9.17, 15) is 0 Å². The molecule has 0 aliphatic carbocycles. The normalized spacial score (nSPS) is 11.4. The van der Waals surface area contributed by atoms with Crippen LogP contribution in [0.4, 0.5) is 0 Å². The van der Waals surface area contributed by atoms with E-state index in [-0.39, 0.29) is 12.2 Å². The molecule has 0 fully saturated rings. The van der Waals surface area contributed by atoms with E-state index >= 15 is 0 Å². The highest BCUT2D eigenvalue weighted by molar-refractivity contribution is 4.39. The summed E-state index contributed by atoms with van der Waals surface area (Å²) in [6, 6.07) is 0. The molecule has 10 nitrogen and oxygen atoms in total. The minimum absolute atomic E-state index is 0.261. The number of hydrogen-bond donors (Lipinski definition) is 0. The van der Waals surface area contributed by atoms with Gasteiger partial charge in [0.05, 0.1) is 118 Å². The molecular formula is C28H60O10. The smallest absolute Gasteiger partial charge is 0.0703 e. The second kappa shape index (κ2) is 36.6. The van der Waals surface area contributed by atoms with Crippen molar-refractivity contribution in [1.82, 2.24) is 0 Å². The predicted molar refractivity (Wildman–Crippen MR) is 149 cm³/mol. The van der Waals surface area contributed by atoms with Gasteiger partial charge in [-0.3, -0.25) is 0 Å². The topological polar surface area (TPSA) is 92.3 Å². The molecule has 232 valence electrons. The van der Waals surface area contributed by atoms with Crippen LogP contribution in [0.25, 0.3) is 0 Å². The summed E-state index contributed by atoms with van der Waals surface area (Å²) in [6.45, 7) is 23.7. The van der Waals surface area contributed by atoms with Crippen molar-refractivity contribution >= 4 is 0 Å². The zero-order chi connectivity index (χ0) is 28.4. The predicted octanol–water partition coefficient (Wildman–Crippen LogP) is 3.78. The van der Waals surface area contributed by atoms with Crippen molar-refractivity contribution in [1.29, 1.82) is 0 Å². The molecule has 0 aromatic rings. The van der Waals surface area contributed by atoms with Crippen LogP contribution in [0, 0.1) is 0 Å². The summed E-state index contributed by atoms with van der Waals surface area (Å²) in [4.78, 5) is 0. The number of rotatable bonds is 30. The second-order valence-corrected chi connectivity index (χ2v) is 8.74. The Morgan fingerprint density at radius 3 is 0.658 bits per heavy atom. The molecule has 0 rings (SSSR count). The van der Waals surface area contributed by atoms with Crippen molar-refractivity contribution in [2.24, 2.45) is 0 Å². The maximum Gasteiger partial charge on any atom is 0.0703 e. The minimum atomic E-state index is 0.261. The van der Waals surface area contributed by atoms with Gasteiger partial charge in [0.1, 0.15) is 0 Å². The van der Waals surface area contributed by atoms with Crippen LogP contribution in [0.2, 0.25) is 0 Å². The van der Waals surface area contributed by atoms with Crippen LogP contribution in [0.1, 0.15) is 54.4 Å². The fourth-order valence-corrected chi connectivity index (χ4v) is 2.50. The first-order valence-corrected chi connectivity index (χ1v) is 14.4. The lowest BCUT2D eigenvalue weighted by atomic mass is 10.5. The van der Waals surface area contributed by atoms with Crippen molar-refractivity contribution in [3.05, 3.63) is 0 Å². The quantitative estimate of drug-likeness (QED) is 0.122. The van der Waals surface area contributed by atoms with Crippen molar-refractivity contribution in [3.8, 4) is 0 Å². The zero-order valence-corrected chi connectivity index (χ0v) is 25.4. The van der Waals surface area contributed by atoms with Gasteiger partial charge >= 0.3 is 0 Å². The van der Waals surface area contributed by atoms with Gasteiger partial charge in [-0.1, -0.05) is 13.8 Å². The van der Waals surface area contributed by atoms with Gasteiger partial charge in [-0.2, -0.15) is 0 Å². The summed E-state index contributed by atoms with van der Waals surface area (Å²) in [5.74, 6) is 0. The van der Waals surface area contributed by atoms with E-state index in [2.05, 4.69) is 13.8 Å². The monoisotopic (exact) mass is 556 g/mol. The summed E-state index contributed by atoms with van der Waals surface area (Å²) in [6.07, 6.45) is 2.62. The molecular weight excluding hydrogens is 496 g/mol. The Balaban J connectivity index is 0. The molecule has 0 bridgehead atoms. The van der Waals surface area contributed by atoms with E-state index in [1.165, 1.54) is 0 Å². The first-order chi connectivity index (χ1) is 18.5. The summed E-state index contributed by atoms with van der Waals surface area (Å²) in [5, 5.41) is 0. The molecule has 0 spiro atoms. The largest absolute Gasteiger partial charge is 0.379 e. The highest BCUT2D eigenvalue weighted by Gasteiger charge is 1.96. The summed E-state index contributed by atoms with van der Waals surface area (Å²) < 4.78 is 53.3. The van der Waals surface area contributed by atoms with Crippen LogP contribution >= 0.6 is 0 Å². The van der Waals surface area contributed by atoms with Crippen LogP contribution in [0.5, 0.6) is 0 Å². The molecule has 0 unspecified atom stereocenters. The van der Waals surface area contributed by atoms with Crippen LogP contribution < -0.4 is 0 Å². The standard InChI is InChI=1S/2C14H30O5/c1-13(2)18-11-9-16-7-5-15-6-8-17-10-12-19-14(3)4;1-3-5-15-7-9-17-11-13-19-14-12-18-10-8-16-6-4-2/h13-14H,5-12H2,1-4H3;3-14H2,1-2H3. The zero-order valence-electron chi connectivity index (χ0n) is 25.4. The number of hydrogen-bond acceptors (Lipinski definition) is 10. The molecule has 0 aromatic heterocycles. The summed E-state index contributed by atoms with van der Waals surface area (Å²) in [5.41, 5.74) is 0. The average molecular weight is 557 g/mol. The molecule has 0 aliphatic rings. The third-order valence-electron chi connectivity index (χ3n) is 4.29. The molecule has 0 aliphatic heterocycles. The van der Waals surface area contributed by atoms with Crippen LogP contribution in [0.3, 0.4) is 0 Å². The van der Waals surface area contributed by atoms with Crippen LogP contribution in [-0.2, 0) is 47.4 Å². The van der Waals surface area contributed by atoms with E-state index < -0.39 is 0 Å². The van der Waals surface area contributed by atoms with E-state index in [1.807, 2.05) is 27.7 Å². The van der Waals surface area contributed by atoms with E-state index in [0.717, 1.165) is 26.1 Å². The summed E-state index contributed by atoms with van der Waals surface area (Å²) >= 11 is 0. The third-order valence-corrected chi connectivity index (χ3v) is 4.29. The maximum atomic E-state index is 5.36. The highest BCUT2D eigenvalue weighted by Crippen LogP contribution is 1.89. The van der Waals surface area contributed by atoms with Gasteiger partial charge in [-0.05, 0) is 40.5 Å². The summed E-state index contributed by atoms with van der Waals surface area (Å²) in [7, 11) is 0. The van der Waals surface area contributed by atoms with E-state index in [1.54, 1.807) is 0 Å². The van der Waals surface area contributed by atoms with Crippen molar-refractivity contribution < 1.29 is 47.4 Å². The lowest BCUT2D eigenvalue weighted by molar-refractivity contribution is -0.0220. The molecule has 0 saturated carbocycles. The fourth-order valence-electron chi connectivity index (χ4n) is 2.50. The minimum Gasteiger partial charge on any atom is -0.379 e. The Labute approximate surface area is 233 Å². The Morgan fingerprint density at radius 2 is 0.474 bits per heavy atom. The van der Waals surface area contributed by atoms with Crippen molar-refractivity contribution in [3.63, 3.8) is 0 Å². The van der Waals surface area contributed by atoms with E-state index in [4.69, 9.17) is 47.4 Å². The van der Waals surface area contributed by atoms with Gasteiger partial charge in [0, 0.05) is 13.2 Å². The third kappa shape index (κ3) is 42.7. The van der Waals surface area contributed by atoms with Crippen molar-refractivity contribution in [2.45, 2.75) is 66.6 Å². The van der Waals surface area contributed by atoms with Crippen LogP contribution in [0.15, 0.2) is 0 Å². The molecule has 0 amide bonds. The highest BCUT2D eigenvalue weighted by atomic mass is 16.6. The Kier molecular flexibility index (Phi) is 38.3. The molecule has 0 aromatic carbocycles. The van der Waals surface area contributed by atoms with Gasteiger partial charge < -0.3 is 47.4 Å². The second-order valence-electron chi connectivity index (χ2n) is 8.74. The average Bonchev–Trinajstić information content (AvgIpc) is 2.89. The Bertz CT molecular complexity index is 366. The Morgan fingerprint density at radius 1 is 0.289 bits per heavy atom. The molecule has 0 atom stereocenters. The van der Waals surface area contributed by atoms with Crippen molar-refractivity contribution in [2.75, 3.05) is 119 Å². The maximum absolute atomic E-state index is 5.36. The first-order valence-electron chi connectivity index (χ1n) is 14.4. The molecule has 10 heteroatoms. The molecule has 0 radical (unpaired) electrons. The van der Waals surface area contributed by atoms with Gasteiger partial charge in [0.2, 0.25) is 0 Å². The molecule has 0 N–H and O–H groups in total. The van der Waals surface area contributed by atoms with Gasteiger partial charge in [-0.15, -0.1) is 0 Å². The van der Waals surface area contributed by atoms with Gasteiger partial charge in [-0.25, -0.2) is 0 Å². The fraction of sp³-hybridized carbons (Fsp3) is 1.00. The molecule has 0 saturated heterocycles. The Hall–Kier alpha value is -0.400. The lowest BCUT2D eigenvalue weighted by Crippen LogP contribution is -2.15. The van der Waals surface area contributed by atoms with Gasteiger partial charge in [0.25, 0.3) is 0 Å². The van der Waals surface area contributed by atoms with Gasteiger partial charge in [0.15, 0.2) is 0 Å². The number of ether oxygens (including phenoxy) is 10. The first kappa shape index (κ1) is 39.7. The SMILES string of the molecule is CC(C)OCCOCCOCCOCCOC(C)C.CCCOCCOCCOCCOCCOCCC. The molecule has 38 heavy (non-hydrogen) atoms. The molecule has 0 heterocycles. The van der Waals surface area contributed by atoms with E-state index in [0.29, 0.717) is 106 Å².